The minimum atomic E-state index is -4.27. The summed E-state index contributed by atoms with van der Waals surface area (Å²) in [6.45, 7) is -0.844. The van der Waals surface area contributed by atoms with E-state index < -0.39 is 28.4 Å². The fourth-order valence-electron chi connectivity index (χ4n) is 2.15. The highest BCUT2D eigenvalue weighted by atomic mass is 32.2. The van der Waals surface area contributed by atoms with Crippen molar-refractivity contribution in [1.29, 1.82) is 0 Å². The number of nitrogens with zero attached hydrogens (tertiary/aromatic N) is 1. The molecule has 1 N–H and O–H groups in total. The van der Waals surface area contributed by atoms with Crippen molar-refractivity contribution < 1.29 is 32.2 Å². The molecule has 0 fully saturated rings. The molecule has 2 rings (SSSR count). The Labute approximate surface area is 144 Å². The van der Waals surface area contributed by atoms with E-state index in [9.17, 15) is 17.6 Å². The number of hydrogen-bond acceptors (Lipinski definition) is 5. The number of carboxylic acid groups (broad SMARTS) is 1. The Morgan fingerprint density at radius 2 is 1.76 bits per heavy atom. The standard InChI is InChI=1S/C16H16FNO6S/c1-23-12-5-8-15(24-2)14(9-12)18(10-16(19)20)25(21,22)13-6-3-11(17)4-7-13/h3-9H,10H2,1-2H3,(H,19,20). The molecule has 2 aromatic rings. The number of carbonyl (C=O) groups is 1. The third kappa shape index (κ3) is 4.00. The maximum Gasteiger partial charge on any atom is 0.324 e. The summed E-state index contributed by atoms with van der Waals surface area (Å²) in [5.74, 6) is -1.51. The van der Waals surface area contributed by atoms with Crippen molar-refractivity contribution >= 4 is 21.7 Å². The molecule has 0 unspecified atom stereocenters. The highest BCUT2D eigenvalue weighted by Crippen LogP contribution is 2.35. The van der Waals surface area contributed by atoms with E-state index in [-0.39, 0.29) is 16.3 Å². The van der Waals surface area contributed by atoms with Gasteiger partial charge in [0.2, 0.25) is 0 Å². The minimum absolute atomic E-state index is 0.00595. The Bertz CT molecular complexity index is 867. The lowest BCUT2D eigenvalue weighted by Gasteiger charge is -2.25. The third-order valence-electron chi connectivity index (χ3n) is 3.34. The molecule has 25 heavy (non-hydrogen) atoms. The van der Waals surface area contributed by atoms with Crippen LogP contribution in [0.1, 0.15) is 0 Å². The number of hydrogen-bond donors (Lipinski definition) is 1. The number of rotatable bonds is 7. The number of aliphatic carboxylic acids is 1. The summed E-state index contributed by atoms with van der Waals surface area (Å²) in [4.78, 5) is 11.0. The zero-order chi connectivity index (χ0) is 18.6. The van der Waals surface area contributed by atoms with Gasteiger partial charge in [0.05, 0.1) is 24.8 Å². The summed E-state index contributed by atoms with van der Waals surface area (Å²) in [6, 6.07) is 8.44. The SMILES string of the molecule is COc1ccc(OC)c(N(CC(=O)O)S(=O)(=O)c2ccc(F)cc2)c1. The Hall–Kier alpha value is -2.81. The predicted octanol–water partition coefficient (Wildman–Crippen LogP) is 2.12. The predicted molar refractivity (Wildman–Crippen MR) is 88.1 cm³/mol. The van der Waals surface area contributed by atoms with Gasteiger partial charge in [-0.2, -0.15) is 0 Å². The molecule has 7 nitrogen and oxygen atoms in total. The van der Waals surface area contributed by atoms with Gasteiger partial charge in [0.25, 0.3) is 10.0 Å². The van der Waals surface area contributed by atoms with Gasteiger partial charge in [-0.25, -0.2) is 12.8 Å². The van der Waals surface area contributed by atoms with E-state index in [0.717, 1.165) is 24.3 Å². The molecule has 0 spiro atoms. The number of ether oxygens (including phenoxy) is 2. The van der Waals surface area contributed by atoms with Crippen LogP contribution >= 0.6 is 0 Å². The summed E-state index contributed by atoms with van der Waals surface area (Å²) in [6.07, 6.45) is 0. The van der Waals surface area contributed by atoms with E-state index in [2.05, 4.69) is 0 Å². The summed E-state index contributed by atoms with van der Waals surface area (Å²) < 4.78 is 49.8. The quantitative estimate of drug-likeness (QED) is 0.804. The van der Waals surface area contributed by atoms with Crippen LogP contribution < -0.4 is 13.8 Å². The van der Waals surface area contributed by atoms with Gasteiger partial charge in [-0.15, -0.1) is 0 Å². The highest BCUT2D eigenvalue weighted by Gasteiger charge is 2.29. The lowest BCUT2D eigenvalue weighted by molar-refractivity contribution is -0.135. The molecular formula is C16H16FNO6S. The van der Waals surface area contributed by atoms with Crippen LogP contribution in [0.5, 0.6) is 11.5 Å². The Balaban J connectivity index is 2.64. The van der Waals surface area contributed by atoms with E-state index in [1.165, 1.54) is 26.4 Å². The molecule has 0 aliphatic heterocycles. The van der Waals surface area contributed by atoms with Gasteiger partial charge in [-0.05, 0) is 36.4 Å². The molecule has 0 amide bonds. The van der Waals surface area contributed by atoms with Crippen LogP contribution in [0.15, 0.2) is 47.4 Å². The van der Waals surface area contributed by atoms with Crippen molar-refractivity contribution in [3.05, 3.63) is 48.3 Å². The molecule has 0 saturated carbocycles. The summed E-state index contributed by atoms with van der Waals surface area (Å²) in [5.41, 5.74) is -0.00595. The Morgan fingerprint density at radius 3 is 2.28 bits per heavy atom. The number of benzene rings is 2. The molecule has 0 aliphatic carbocycles. The fourth-order valence-corrected chi connectivity index (χ4v) is 3.56. The number of methoxy groups -OCH3 is 2. The van der Waals surface area contributed by atoms with E-state index in [1.807, 2.05) is 0 Å². The molecule has 9 heteroatoms. The normalized spacial score (nSPS) is 11.0. The zero-order valence-corrected chi connectivity index (χ0v) is 14.3. The van der Waals surface area contributed by atoms with E-state index in [0.29, 0.717) is 10.1 Å². The molecule has 0 radical (unpaired) electrons. The molecular weight excluding hydrogens is 353 g/mol. The van der Waals surface area contributed by atoms with Crippen LogP contribution in [0.4, 0.5) is 10.1 Å². The van der Waals surface area contributed by atoms with E-state index in [4.69, 9.17) is 14.6 Å². The van der Waals surface area contributed by atoms with E-state index in [1.54, 1.807) is 6.07 Å². The first-order chi connectivity index (χ1) is 11.8. The Morgan fingerprint density at radius 1 is 1.12 bits per heavy atom. The molecule has 0 bridgehead atoms. The second kappa shape index (κ2) is 7.39. The summed E-state index contributed by atoms with van der Waals surface area (Å²) in [5, 5.41) is 9.15. The molecule has 0 aromatic heterocycles. The van der Waals surface area contributed by atoms with Crippen molar-refractivity contribution in [2.75, 3.05) is 25.1 Å². The van der Waals surface area contributed by atoms with Gasteiger partial charge in [0, 0.05) is 6.07 Å². The van der Waals surface area contributed by atoms with Crippen LogP contribution in [-0.2, 0) is 14.8 Å². The highest BCUT2D eigenvalue weighted by molar-refractivity contribution is 7.92. The smallest absolute Gasteiger partial charge is 0.324 e. The maximum absolute atomic E-state index is 13.1. The molecule has 0 saturated heterocycles. The number of sulfonamides is 1. The van der Waals surface area contributed by atoms with Crippen molar-refractivity contribution in [3.63, 3.8) is 0 Å². The maximum atomic E-state index is 13.1. The molecule has 2 aromatic carbocycles. The molecule has 0 aliphatic rings. The van der Waals surface area contributed by atoms with Crippen molar-refractivity contribution in [2.24, 2.45) is 0 Å². The first kappa shape index (κ1) is 18.5. The van der Waals surface area contributed by atoms with Gasteiger partial charge >= 0.3 is 5.97 Å². The average molecular weight is 369 g/mol. The molecule has 0 heterocycles. The minimum Gasteiger partial charge on any atom is -0.497 e. The van der Waals surface area contributed by atoms with Crippen molar-refractivity contribution in [1.82, 2.24) is 0 Å². The van der Waals surface area contributed by atoms with Gasteiger partial charge in [0.15, 0.2) is 0 Å². The number of carboxylic acids is 1. The number of halogens is 1. The largest absolute Gasteiger partial charge is 0.497 e. The average Bonchev–Trinajstić information content (AvgIpc) is 2.59. The Kier molecular flexibility index (Phi) is 5.48. The van der Waals surface area contributed by atoms with Crippen LogP contribution in [-0.4, -0.2) is 40.3 Å². The van der Waals surface area contributed by atoms with Crippen molar-refractivity contribution in [3.8, 4) is 11.5 Å². The first-order valence-electron chi connectivity index (χ1n) is 7.01. The second-order valence-corrected chi connectivity index (χ2v) is 6.76. The topological polar surface area (TPSA) is 93.1 Å². The van der Waals surface area contributed by atoms with Gasteiger partial charge in [0.1, 0.15) is 23.9 Å². The zero-order valence-electron chi connectivity index (χ0n) is 13.5. The van der Waals surface area contributed by atoms with Crippen molar-refractivity contribution in [2.45, 2.75) is 4.90 Å². The van der Waals surface area contributed by atoms with Gasteiger partial charge in [-0.1, -0.05) is 0 Å². The summed E-state index contributed by atoms with van der Waals surface area (Å²) in [7, 11) is -1.55. The number of anilines is 1. The second-order valence-electron chi connectivity index (χ2n) is 4.90. The summed E-state index contributed by atoms with van der Waals surface area (Å²) >= 11 is 0. The first-order valence-corrected chi connectivity index (χ1v) is 8.45. The fraction of sp³-hybridized carbons (Fsp3) is 0.188. The van der Waals surface area contributed by atoms with Gasteiger partial charge < -0.3 is 14.6 Å². The van der Waals surface area contributed by atoms with Crippen LogP contribution in [0.2, 0.25) is 0 Å². The van der Waals surface area contributed by atoms with Crippen LogP contribution in [0.25, 0.3) is 0 Å². The molecule has 0 atom stereocenters. The van der Waals surface area contributed by atoms with Crippen LogP contribution in [0, 0.1) is 5.82 Å². The third-order valence-corrected chi connectivity index (χ3v) is 5.11. The lowest BCUT2D eigenvalue weighted by atomic mass is 10.2. The monoisotopic (exact) mass is 369 g/mol. The van der Waals surface area contributed by atoms with Crippen LogP contribution in [0.3, 0.4) is 0 Å². The van der Waals surface area contributed by atoms with Gasteiger partial charge in [-0.3, -0.25) is 9.10 Å². The molecule has 134 valence electrons. The van der Waals surface area contributed by atoms with E-state index >= 15 is 0 Å². The lowest BCUT2D eigenvalue weighted by Crippen LogP contribution is -2.36.